The minimum absolute atomic E-state index is 0.0240. The number of hydrogen-bond acceptors (Lipinski definition) is 3. The molecule has 0 atom stereocenters. The van der Waals surface area contributed by atoms with Crippen LogP contribution in [-0.4, -0.2) is 24.5 Å². The molecule has 1 saturated carbocycles. The highest BCUT2D eigenvalue weighted by molar-refractivity contribution is 6.06. The van der Waals surface area contributed by atoms with Crippen molar-refractivity contribution in [1.82, 2.24) is 0 Å². The molecule has 3 aliphatic rings. The summed E-state index contributed by atoms with van der Waals surface area (Å²) in [4.78, 5) is 26.6. The topological polar surface area (TPSA) is 58.6 Å². The van der Waals surface area contributed by atoms with E-state index in [4.69, 9.17) is 4.74 Å². The number of anilines is 2. The van der Waals surface area contributed by atoms with Gasteiger partial charge in [0.15, 0.2) is 0 Å². The van der Waals surface area contributed by atoms with Gasteiger partial charge in [0.25, 0.3) is 0 Å². The maximum atomic E-state index is 13.2. The molecule has 5 nitrogen and oxygen atoms in total. The maximum absolute atomic E-state index is 13.2. The van der Waals surface area contributed by atoms with Crippen LogP contribution in [0.3, 0.4) is 0 Å². The van der Waals surface area contributed by atoms with Gasteiger partial charge in [0.05, 0.1) is 5.56 Å². The average molecular weight is 456 g/mol. The van der Waals surface area contributed by atoms with Crippen LogP contribution in [0.5, 0.6) is 5.75 Å². The second kappa shape index (κ2) is 7.64. The summed E-state index contributed by atoms with van der Waals surface area (Å²) in [6.07, 6.45) is 0.801. The van der Waals surface area contributed by atoms with E-state index >= 15 is 0 Å². The number of hydrogen-bond donors (Lipinski definition) is 1. The second-order valence-electron chi connectivity index (χ2n) is 8.94. The summed E-state index contributed by atoms with van der Waals surface area (Å²) in [5, 5.41) is 2.91. The number of benzene rings is 2. The zero-order valence-electron chi connectivity index (χ0n) is 18.1. The molecular weight excluding hydrogens is 433 g/mol. The Hall–Kier alpha value is -3.29. The number of fused-ring (bicyclic) bond motifs is 2. The molecule has 1 spiro atoms. The first kappa shape index (κ1) is 21.6. The van der Waals surface area contributed by atoms with Crippen molar-refractivity contribution in [2.45, 2.75) is 50.3 Å². The van der Waals surface area contributed by atoms with Crippen molar-refractivity contribution in [1.29, 1.82) is 0 Å². The molecular formula is C25H23F3N2O3. The molecule has 2 aliphatic heterocycles. The second-order valence-corrected chi connectivity index (χ2v) is 8.94. The van der Waals surface area contributed by atoms with Crippen LogP contribution < -0.4 is 15.0 Å². The summed E-state index contributed by atoms with van der Waals surface area (Å²) >= 11 is 0. The smallest absolute Gasteiger partial charge is 0.416 e. The third kappa shape index (κ3) is 3.87. The minimum atomic E-state index is -4.47. The summed E-state index contributed by atoms with van der Waals surface area (Å²) in [7, 11) is 1.71. The van der Waals surface area contributed by atoms with E-state index in [9.17, 15) is 22.8 Å². The Morgan fingerprint density at radius 1 is 1.18 bits per heavy atom. The van der Waals surface area contributed by atoms with Gasteiger partial charge < -0.3 is 15.0 Å². The van der Waals surface area contributed by atoms with Crippen molar-refractivity contribution in [3.05, 3.63) is 59.2 Å². The number of nitrogens with zero attached hydrogens (tertiary/aromatic N) is 1. The lowest BCUT2D eigenvalue weighted by Crippen LogP contribution is -2.45. The Kier molecular flexibility index (Phi) is 4.99. The molecule has 2 aromatic rings. The number of rotatable bonds is 2. The number of nitrogens with one attached hydrogen (secondary N) is 1. The molecule has 0 radical (unpaired) electrons. The molecule has 1 aliphatic carbocycles. The fourth-order valence-corrected chi connectivity index (χ4v) is 4.87. The number of alkyl halides is 3. The van der Waals surface area contributed by atoms with E-state index in [2.05, 4.69) is 5.32 Å². The van der Waals surface area contributed by atoms with Crippen LogP contribution >= 0.6 is 0 Å². The largest absolute Gasteiger partial charge is 0.486 e. The van der Waals surface area contributed by atoms with Gasteiger partial charge in [-0.3, -0.25) is 9.59 Å². The highest BCUT2D eigenvalue weighted by Crippen LogP contribution is 2.50. The van der Waals surface area contributed by atoms with Gasteiger partial charge in [-0.15, -0.1) is 0 Å². The first-order chi connectivity index (χ1) is 15.7. The van der Waals surface area contributed by atoms with Gasteiger partial charge in [-0.25, -0.2) is 0 Å². The van der Waals surface area contributed by atoms with Gasteiger partial charge in [0.2, 0.25) is 11.8 Å². The number of carbonyl (C=O) groups is 2. The molecule has 2 heterocycles. The Morgan fingerprint density at radius 2 is 1.97 bits per heavy atom. The number of halogens is 3. The van der Waals surface area contributed by atoms with E-state index in [1.54, 1.807) is 24.1 Å². The van der Waals surface area contributed by atoms with E-state index in [0.717, 1.165) is 42.6 Å². The monoisotopic (exact) mass is 456 g/mol. The minimum Gasteiger partial charge on any atom is -0.486 e. The van der Waals surface area contributed by atoms with Gasteiger partial charge in [-0.05, 0) is 61.1 Å². The summed E-state index contributed by atoms with van der Waals surface area (Å²) in [5.74, 6) is -0.164. The predicted octanol–water partition coefficient (Wildman–Crippen LogP) is 5.34. The predicted molar refractivity (Wildman–Crippen MR) is 118 cm³/mol. The van der Waals surface area contributed by atoms with E-state index < -0.39 is 17.3 Å². The Morgan fingerprint density at radius 3 is 2.67 bits per heavy atom. The van der Waals surface area contributed by atoms with E-state index in [1.807, 2.05) is 6.07 Å². The zero-order chi connectivity index (χ0) is 23.4. The molecule has 172 valence electrons. The van der Waals surface area contributed by atoms with Crippen LogP contribution in [0.25, 0.3) is 5.57 Å². The number of ether oxygens (including phenoxy) is 1. The number of amides is 2. The molecule has 5 rings (SSSR count). The molecule has 8 heteroatoms. The van der Waals surface area contributed by atoms with Crippen LogP contribution in [-0.2, 0) is 22.2 Å². The van der Waals surface area contributed by atoms with Crippen LogP contribution in [0.4, 0.5) is 24.5 Å². The van der Waals surface area contributed by atoms with Crippen LogP contribution in [0.1, 0.15) is 48.8 Å². The van der Waals surface area contributed by atoms with Crippen LogP contribution in [0, 0.1) is 0 Å². The van der Waals surface area contributed by atoms with Crippen molar-refractivity contribution in [3.8, 4) is 5.75 Å². The molecule has 0 unspecified atom stereocenters. The van der Waals surface area contributed by atoms with Gasteiger partial charge >= 0.3 is 6.18 Å². The molecule has 0 saturated heterocycles. The van der Waals surface area contributed by atoms with E-state index in [0.29, 0.717) is 36.1 Å². The third-order valence-corrected chi connectivity index (χ3v) is 6.80. The lowest BCUT2D eigenvalue weighted by atomic mass is 9.72. The van der Waals surface area contributed by atoms with Crippen molar-refractivity contribution < 1.29 is 27.5 Å². The molecule has 0 bridgehead atoms. The fraction of sp³-hybridized carbons (Fsp3) is 0.360. The molecule has 33 heavy (non-hydrogen) atoms. The van der Waals surface area contributed by atoms with Gasteiger partial charge in [-0.1, -0.05) is 12.1 Å². The van der Waals surface area contributed by atoms with E-state index in [-0.39, 0.29) is 17.6 Å². The SMILES string of the molecule is CN1C(=O)CCc2c(NC(=O)/C=C3\CC4(CCC4)Oc4cc(C(F)(F)F)ccc43)cccc21. The first-order valence-electron chi connectivity index (χ1n) is 11.0. The molecule has 2 aromatic carbocycles. The Balaban J connectivity index is 1.46. The maximum Gasteiger partial charge on any atom is 0.416 e. The lowest BCUT2D eigenvalue weighted by Gasteiger charge is -2.46. The van der Waals surface area contributed by atoms with Crippen molar-refractivity contribution in [2.24, 2.45) is 0 Å². The van der Waals surface area contributed by atoms with Gasteiger partial charge in [0.1, 0.15) is 11.4 Å². The molecule has 1 N–H and O–H groups in total. The van der Waals surface area contributed by atoms with Crippen molar-refractivity contribution in [2.75, 3.05) is 17.3 Å². The van der Waals surface area contributed by atoms with Gasteiger partial charge in [-0.2, -0.15) is 13.2 Å². The normalized spacial score (nSPS) is 20.1. The molecule has 1 fully saturated rings. The molecule has 0 aromatic heterocycles. The van der Waals surface area contributed by atoms with Gasteiger partial charge in [0, 0.05) is 42.9 Å². The standard InChI is InChI=1S/C25H23F3N2O3/c1-30-20-5-2-4-19(18(20)8-9-23(30)32)29-22(31)12-15-14-24(10-3-11-24)33-21-13-16(25(26,27)28)6-7-17(15)21/h2,4-7,12-13H,3,8-11,14H2,1H3,(H,29,31)/b15-12+. The van der Waals surface area contributed by atoms with Crippen molar-refractivity contribution in [3.63, 3.8) is 0 Å². The highest BCUT2D eigenvalue weighted by Gasteiger charge is 2.44. The summed E-state index contributed by atoms with van der Waals surface area (Å²) < 4.78 is 45.7. The summed E-state index contributed by atoms with van der Waals surface area (Å²) in [6.45, 7) is 0. The fourth-order valence-electron chi connectivity index (χ4n) is 4.87. The van der Waals surface area contributed by atoms with Crippen molar-refractivity contribution >= 4 is 28.8 Å². The zero-order valence-corrected chi connectivity index (χ0v) is 18.1. The lowest BCUT2D eigenvalue weighted by molar-refractivity contribution is -0.138. The highest BCUT2D eigenvalue weighted by atomic mass is 19.4. The Labute approximate surface area is 189 Å². The molecule has 2 amide bonds. The van der Waals surface area contributed by atoms with Crippen LogP contribution in [0.15, 0.2) is 42.5 Å². The number of carbonyl (C=O) groups excluding carboxylic acids is 2. The average Bonchev–Trinajstić information content (AvgIpc) is 2.74. The third-order valence-electron chi connectivity index (χ3n) is 6.80. The first-order valence-corrected chi connectivity index (χ1v) is 11.0. The van der Waals surface area contributed by atoms with Crippen LogP contribution in [0.2, 0.25) is 0 Å². The van der Waals surface area contributed by atoms with E-state index in [1.165, 1.54) is 12.1 Å². The quantitative estimate of drug-likeness (QED) is 0.621. The summed E-state index contributed by atoms with van der Waals surface area (Å²) in [5.41, 5.74) is 2.15. The summed E-state index contributed by atoms with van der Waals surface area (Å²) in [6, 6.07) is 8.84. The Bertz CT molecular complexity index is 1180.